The van der Waals surface area contributed by atoms with Crippen LogP contribution in [0.4, 0.5) is 0 Å². The molecule has 0 radical (unpaired) electrons. The number of hydrogen-bond acceptors (Lipinski definition) is 5. The summed E-state index contributed by atoms with van der Waals surface area (Å²) in [4.78, 5) is 11.7. The van der Waals surface area contributed by atoms with Crippen LogP contribution in [0, 0.1) is 0 Å². The van der Waals surface area contributed by atoms with Gasteiger partial charge in [0.25, 0.3) is 9.76 Å². The number of carbonyl (C=O) groups is 1. The van der Waals surface area contributed by atoms with Crippen molar-refractivity contribution in [3.05, 3.63) is 35.9 Å². The number of carbonyl (C=O) groups excluding carboxylic acids is 1. The van der Waals surface area contributed by atoms with Crippen molar-refractivity contribution in [3.8, 4) is 0 Å². The van der Waals surface area contributed by atoms with Gasteiger partial charge in [-0.15, -0.1) is 0 Å². The van der Waals surface area contributed by atoms with Gasteiger partial charge in [0.1, 0.15) is 6.04 Å². The maximum atomic E-state index is 11.7. The quantitative estimate of drug-likeness (QED) is 0.546. The third-order valence-electron chi connectivity index (χ3n) is 2.49. The number of ether oxygens (including phenoxy) is 2. The van der Waals surface area contributed by atoms with Crippen molar-refractivity contribution in [2.45, 2.75) is 18.4 Å². The second-order valence-corrected chi connectivity index (χ2v) is 5.12. The average Bonchev–Trinajstić information content (AvgIpc) is 2.40. The van der Waals surface area contributed by atoms with Crippen LogP contribution in [-0.2, 0) is 25.1 Å². The predicted molar refractivity (Wildman–Crippen MR) is 70.6 cm³/mol. The Morgan fingerprint density at radius 3 is 2.44 bits per heavy atom. The molecule has 100 valence electrons. The van der Waals surface area contributed by atoms with Crippen molar-refractivity contribution in [1.82, 2.24) is 0 Å². The Balaban J connectivity index is 2.37. The number of methoxy groups -OCH3 is 2. The molecule has 0 fully saturated rings. The Hall–Kier alpha value is -1.21. The van der Waals surface area contributed by atoms with Gasteiger partial charge in [-0.2, -0.15) is 0 Å². The Labute approximate surface area is 109 Å². The molecule has 0 saturated heterocycles. The van der Waals surface area contributed by atoms with Crippen LogP contribution in [0.1, 0.15) is 5.56 Å². The SMILES string of the molecule is COC(OC)[SiH2]OC(=O)[C@@H](N)Cc1ccccc1. The van der Waals surface area contributed by atoms with Gasteiger partial charge in [0.05, 0.1) is 0 Å². The summed E-state index contributed by atoms with van der Waals surface area (Å²) in [6, 6.07) is 8.95. The molecule has 6 heteroatoms. The van der Waals surface area contributed by atoms with Crippen molar-refractivity contribution in [2.75, 3.05) is 14.2 Å². The zero-order chi connectivity index (χ0) is 13.4. The van der Waals surface area contributed by atoms with Crippen LogP contribution in [0.25, 0.3) is 0 Å². The molecule has 0 aliphatic carbocycles. The van der Waals surface area contributed by atoms with Crippen LogP contribution >= 0.6 is 0 Å². The minimum Gasteiger partial charge on any atom is -0.518 e. The van der Waals surface area contributed by atoms with E-state index in [2.05, 4.69) is 0 Å². The first-order chi connectivity index (χ1) is 8.67. The van der Waals surface area contributed by atoms with Crippen molar-refractivity contribution in [3.63, 3.8) is 0 Å². The van der Waals surface area contributed by atoms with E-state index in [-0.39, 0.29) is 0 Å². The highest BCUT2D eigenvalue weighted by Gasteiger charge is 2.17. The van der Waals surface area contributed by atoms with Gasteiger partial charge in [0.15, 0.2) is 5.91 Å². The summed E-state index contributed by atoms with van der Waals surface area (Å²) in [6.07, 6.45) is 0.471. The molecular formula is C12H19NO4Si. The van der Waals surface area contributed by atoms with Crippen LogP contribution in [0.15, 0.2) is 30.3 Å². The molecule has 1 rings (SSSR count). The molecule has 0 bridgehead atoms. The van der Waals surface area contributed by atoms with Crippen LogP contribution < -0.4 is 5.73 Å². The Bertz CT molecular complexity index is 356. The molecule has 0 spiro atoms. The summed E-state index contributed by atoms with van der Waals surface area (Å²) >= 11 is 0. The van der Waals surface area contributed by atoms with Crippen molar-refractivity contribution < 1.29 is 18.7 Å². The first kappa shape index (κ1) is 14.8. The van der Waals surface area contributed by atoms with Crippen LogP contribution in [0.5, 0.6) is 0 Å². The molecule has 0 aromatic heterocycles. The second kappa shape index (κ2) is 7.99. The molecule has 18 heavy (non-hydrogen) atoms. The fourth-order valence-corrected chi connectivity index (χ4v) is 2.23. The van der Waals surface area contributed by atoms with E-state index in [0.717, 1.165) is 5.56 Å². The summed E-state index contributed by atoms with van der Waals surface area (Å²) in [5.74, 6) is -0.817. The van der Waals surface area contributed by atoms with Crippen molar-refractivity contribution in [1.29, 1.82) is 0 Å². The fraction of sp³-hybridized carbons (Fsp3) is 0.417. The van der Waals surface area contributed by atoms with Crippen LogP contribution in [0.3, 0.4) is 0 Å². The Kier molecular flexibility index (Phi) is 6.59. The lowest BCUT2D eigenvalue weighted by molar-refractivity contribution is -0.137. The van der Waals surface area contributed by atoms with Crippen LogP contribution in [-0.4, -0.2) is 41.9 Å². The zero-order valence-corrected chi connectivity index (χ0v) is 12.1. The van der Waals surface area contributed by atoms with E-state index >= 15 is 0 Å². The van der Waals surface area contributed by atoms with Gasteiger partial charge in [-0.1, -0.05) is 30.3 Å². The lowest BCUT2D eigenvalue weighted by Gasteiger charge is -2.15. The first-order valence-corrected chi connectivity index (χ1v) is 7.08. The highest BCUT2D eigenvalue weighted by atomic mass is 28.2. The standard InChI is InChI=1S/C12H19NO4Si/c1-15-12(16-2)18-17-11(14)10(13)8-9-6-4-3-5-7-9/h3-7,10,12H,8,13,18H2,1-2H3/t10-/m0/s1. The summed E-state index contributed by atoms with van der Waals surface area (Å²) in [7, 11) is 1.80. The van der Waals surface area contributed by atoms with Gasteiger partial charge in [-0.25, -0.2) is 0 Å². The molecule has 0 aliphatic rings. The summed E-state index contributed by atoms with van der Waals surface area (Å²) in [5, 5.41) is 0. The summed E-state index contributed by atoms with van der Waals surface area (Å²) in [5.41, 5.74) is 6.80. The highest BCUT2D eigenvalue weighted by molar-refractivity contribution is 6.31. The van der Waals surface area contributed by atoms with Gasteiger partial charge in [0, 0.05) is 14.2 Å². The van der Waals surface area contributed by atoms with Crippen molar-refractivity contribution >= 4 is 15.7 Å². The van der Waals surface area contributed by atoms with E-state index in [1.165, 1.54) is 14.2 Å². The molecule has 0 heterocycles. The molecule has 1 aromatic rings. The lowest BCUT2D eigenvalue weighted by Crippen LogP contribution is -2.37. The normalized spacial score (nSPS) is 13.1. The molecule has 1 atom stereocenters. The number of benzene rings is 1. The van der Waals surface area contributed by atoms with E-state index in [4.69, 9.17) is 19.6 Å². The van der Waals surface area contributed by atoms with E-state index in [1.807, 2.05) is 30.3 Å². The fourth-order valence-electron chi connectivity index (χ4n) is 1.44. The molecule has 5 nitrogen and oxygen atoms in total. The Morgan fingerprint density at radius 1 is 1.28 bits per heavy atom. The van der Waals surface area contributed by atoms with Crippen LogP contribution in [0.2, 0.25) is 0 Å². The lowest BCUT2D eigenvalue weighted by atomic mass is 10.1. The molecule has 2 N–H and O–H groups in total. The third-order valence-corrected chi connectivity index (χ3v) is 3.88. The predicted octanol–water partition coefficient (Wildman–Crippen LogP) is -0.240. The molecule has 1 aromatic carbocycles. The van der Waals surface area contributed by atoms with E-state index < -0.39 is 27.7 Å². The first-order valence-electron chi connectivity index (χ1n) is 5.69. The maximum Gasteiger partial charge on any atom is 0.309 e. The van der Waals surface area contributed by atoms with Gasteiger partial charge >= 0.3 is 5.97 Å². The van der Waals surface area contributed by atoms with Gasteiger partial charge in [-0.05, 0) is 12.0 Å². The molecule has 0 amide bonds. The van der Waals surface area contributed by atoms with Gasteiger partial charge < -0.3 is 19.6 Å². The van der Waals surface area contributed by atoms with Crippen molar-refractivity contribution in [2.24, 2.45) is 5.73 Å². The topological polar surface area (TPSA) is 70.8 Å². The molecule has 0 aliphatic heterocycles. The minimum absolute atomic E-state index is 0.399. The number of nitrogens with two attached hydrogens (primary N) is 1. The molecular weight excluding hydrogens is 250 g/mol. The highest BCUT2D eigenvalue weighted by Crippen LogP contribution is 2.03. The van der Waals surface area contributed by atoms with Gasteiger partial charge in [0.2, 0.25) is 0 Å². The average molecular weight is 269 g/mol. The van der Waals surface area contributed by atoms with E-state index in [9.17, 15) is 4.79 Å². The number of hydrogen-bond donors (Lipinski definition) is 1. The number of rotatable bonds is 7. The Morgan fingerprint density at radius 2 is 1.89 bits per heavy atom. The monoisotopic (exact) mass is 269 g/mol. The van der Waals surface area contributed by atoms with E-state index in [0.29, 0.717) is 6.42 Å². The molecule has 0 unspecified atom stereocenters. The van der Waals surface area contributed by atoms with E-state index in [1.54, 1.807) is 0 Å². The second-order valence-electron chi connectivity index (χ2n) is 3.83. The van der Waals surface area contributed by atoms with Gasteiger partial charge in [-0.3, -0.25) is 4.79 Å². The largest absolute Gasteiger partial charge is 0.518 e. The molecule has 0 saturated carbocycles. The maximum absolute atomic E-state index is 11.7. The third kappa shape index (κ3) is 4.97. The summed E-state index contributed by atoms with van der Waals surface area (Å²) in [6.45, 7) is 0. The zero-order valence-electron chi connectivity index (χ0n) is 10.7. The smallest absolute Gasteiger partial charge is 0.309 e. The summed E-state index contributed by atoms with van der Waals surface area (Å²) < 4.78 is 15.1. The minimum atomic E-state index is -1.23.